The Bertz CT molecular complexity index is 42.2. The normalized spacial score (nSPS) is 6.80. The van der Waals surface area contributed by atoms with Crippen LogP contribution in [0.15, 0.2) is 0 Å². The van der Waals surface area contributed by atoms with Crippen LogP contribution in [0.25, 0.3) is 0 Å². The second-order valence-electron chi connectivity index (χ2n) is 0.334. The fourth-order valence-electron chi connectivity index (χ4n) is 0. The molecule has 0 saturated heterocycles. The van der Waals surface area contributed by atoms with E-state index in [0.29, 0.717) is 0 Å². The predicted octanol–water partition coefficient (Wildman–Crippen LogP) is 0.143. The van der Waals surface area contributed by atoms with Gasteiger partial charge in [-0.2, -0.15) is 0 Å². The molecule has 0 fully saturated rings. The van der Waals surface area contributed by atoms with E-state index in [1.807, 2.05) is 0 Å². The van der Waals surface area contributed by atoms with Gasteiger partial charge in [-0.3, -0.25) is 0 Å². The molecule has 4 heteroatoms. The fourth-order valence-corrected chi connectivity index (χ4v) is 0. The molecule has 0 spiro atoms. The average Bonchev–Trinajstić information content (AvgIpc) is 1.38. The zero-order chi connectivity index (χ0) is 4.28. The van der Waals surface area contributed by atoms with Crippen LogP contribution in [0.5, 0.6) is 0 Å². The summed E-state index contributed by atoms with van der Waals surface area (Å²) < 4.78 is 3.35. The van der Waals surface area contributed by atoms with Gasteiger partial charge in [0.15, 0.2) is 0 Å². The van der Waals surface area contributed by atoms with Crippen molar-refractivity contribution in [3.05, 3.63) is 0 Å². The Morgan fingerprint density at radius 1 is 2.00 bits per heavy atom. The van der Waals surface area contributed by atoms with Crippen LogP contribution in [0.3, 0.4) is 0 Å². The molecule has 3 nitrogen and oxygen atoms in total. The minimum absolute atomic E-state index is 1.38. The van der Waals surface area contributed by atoms with E-state index in [0.717, 1.165) is 0 Å². The van der Waals surface area contributed by atoms with E-state index in [-0.39, 0.29) is 0 Å². The summed E-state index contributed by atoms with van der Waals surface area (Å²) in [5.74, 6) is 0. The first-order valence-electron chi connectivity index (χ1n) is 0.768. The van der Waals surface area contributed by atoms with Crippen molar-refractivity contribution in [1.82, 2.24) is 0 Å². The molecular weight excluding hydrogens is 119 g/mol. The van der Waals surface area contributed by atoms with Gasteiger partial charge in [-0.05, 0) is 0 Å². The van der Waals surface area contributed by atoms with Crippen molar-refractivity contribution < 1.29 is 29.8 Å². The van der Waals surface area contributed by atoms with Gasteiger partial charge in [0.2, 0.25) is 0 Å². The summed E-state index contributed by atoms with van der Waals surface area (Å²) in [6.07, 6.45) is -1.38. The molecule has 0 aliphatic heterocycles. The average molecular weight is 120 g/mol. The van der Waals surface area contributed by atoms with Crippen LogP contribution in [-0.2, 0) is 19.9 Å². The van der Waals surface area contributed by atoms with Gasteiger partial charge in [-0.1, -0.05) is 0 Å². The van der Waals surface area contributed by atoms with Gasteiger partial charge in [-0.15, -0.1) is 0 Å². The summed E-state index contributed by atoms with van der Waals surface area (Å²) in [6.45, 7) is 0. The molecule has 0 aromatic rings. The van der Waals surface area contributed by atoms with E-state index in [1.54, 1.807) is 0 Å². The van der Waals surface area contributed by atoms with E-state index >= 15 is 0 Å². The zero-order valence-corrected chi connectivity index (χ0v) is 3.14. The molecule has 0 unspecified atom stereocenters. The van der Waals surface area contributed by atoms with Crippen molar-refractivity contribution in [3.63, 3.8) is 0 Å². The molecule has 0 heterocycles. The Kier molecular flexibility index (Phi) is 1.95. The van der Waals surface area contributed by atoms with Gasteiger partial charge in [0, 0.05) is 0 Å². The van der Waals surface area contributed by atoms with Gasteiger partial charge in [0.25, 0.3) is 0 Å². The zero-order valence-electron chi connectivity index (χ0n) is 2.10. The Morgan fingerprint density at radius 2 is 2.20 bits per heavy atom. The molecule has 0 saturated carbocycles. The second kappa shape index (κ2) is 2.04. The van der Waals surface area contributed by atoms with Gasteiger partial charge < -0.3 is 0 Å². The van der Waals surface area contributed by atoms with E-state index < -0.39 is 6.16 Å². The Morgan fingerprint density at radius 3 is 2.20 bits per heavy atom. The maximum atomic E-state index is 9.07. The van der Waals surface area contributed by atoms with Gasteiger partial charge >= 0.3 is 36.0 Å². The minimum atomic E-state index is -1.38. The third kappa shape index (κ3) is 3.78. The second-order valence-corrected chi connectivity index (χ2v) is 0.546. The van der Waals surface area contributed by atoms with Crippen molar-refractivity contribution in [2.45, 2.75) is 0 Å². The van der Waals surface area contributed by atoms with Crippen LogP contribution in [0.2, 0.25) is 0 Å². The standard InChI is InChI=1S/CH2O3.Co/c2-1(3)4;/h(H2,2,3,4);/q;+1/p-1. The predicted molar refractivity (Wildman–Crippen MR) is 9.11 cm³/mol. The Hall–Kier alpha value is -0.224. The third-order valence-electron chi connectivity index (χ3n) is 0.0582. The van der Waals surface area contributed by atoms with Crippen LogP contribution < -0.4 is 0 Å². The molecule has 0 radical (unpaired) electrons. The number of hydrogen-bond acceptors (Lipinski definition) is 2. The summed E-state index contributed by atoms with van der Waals surface area (Å²) in [7, 11) is 0. The molecular formula is CHCoO3. The van der Waals surface area contributed by atoms with Crippen LogP contribution in [-0.4, -0.2) is 11.3 Å². The number of rotatable bonds is 0. The number of carboxylic acid groups (broad SMARTS) is 1. The van der Waals surface area contributed by atoms with Crippen LogP contribution in [0.4, 0.5) is 4.79 Å². The monoisotopic (exact) mass is 120 g/mol. The molecule has 0 rings (SSSR count). The van der Waals surface area contributed by atoms with Crippen molar-refractivity contribution >= 4 is 6.16 Å². The molecule has 0 aliphatic carbocycles. The Labute approximate surface area is 36.8 Å². The molecule has 0 aliphatic rings. The summed E-state index contributed by atoms with van der Waals surface area (Å²) in [4.78, 5) is 9.07. The van der Waals surface area contributed by atoms with Gasteiger partial charge in [0.1, 0.15) is 0 Å². The van der Waals surface area contributed by atoms with Crippen molar-refractivity contribution in [2.75, 3.05) is 0 Å². The van der Waals surface area contributed by atoms with Crippen LogP contribution in [0, 0.1) is 0 Å². The van der Waals surface area contributed by atoms with E-state index in [4.69, 9.17) is 9.90 Å². The van der Waals surface area contributed by atoms with Crippen molar-refractivity contribution in [2.24, 2.45) is 0 Å². The molecule has 0 bridgehead atoms. The van der Waals surface area contributed by atoms with Crippen LogP contribution >= 0.6 is 0 Å². The van der Waals surface area contributed by atoms with E-state index in [1.165, 1.54) is 0 Å². The molecule has 1 N–H and O–H groups in total. The third-order valence-corrected chi connectivity index (χ3v) is 0.240. The first kappa shape index (κ1) is 4.78. The first-order valence-corrected chi connectivity index (χ1v) is 1.19. The van der Waals surface area contributed by atoms with Gasteiger partial charge in [0.05, 0.1) is 0 Å². The van der Waals surface area contributed by atoms with Crippen molar-refractivity contribution in [3.8, 4) is 0 Å². The molecule has 0 amide bonds. The molecule has 32 valence electrons. The number of carbonyl (C=O) groups is 1. The Balaban J connectivity index is 2.85. The summed E-state index contributed by atoms with van der Waals surface area (Å²) in [5, 5.41) is 7.42. The topological polar surface area (TPSA) is 46.5 Å². The van der Waals surface area contributed by atoms with Crippen LogP contribution in [0.1, 0.15) is 0 Å². The number of hydrogen-bond donors (Lipinski definition) is 1. The maximum absolute atomic E-state index is 9.07. The molecule has 0 aromatic carbocycles. The molecule has 0 atom stereocenters. The van der Waals surface area contributed by atoms with E-state index in [9.17, 15) is 0 Å². The summed E-state index contributed by atoms with van der Waals surface area (Å²) >= 11 is 2.96. The molecule has 5 heavy (non-hydrogen) atoms. The summed E-state index contributed by atoms with van der Waals surface area (Å²) in [6, 6.07) is 0. The fraction of sp³-hybridized carbons (Fsp3) is 0. The summed E-state index contributed by atoms with van der Waals surface area (Å²) in [5.41, 5.74) is 0. The SMILES string of the molecule is O=C(O)[O][Co]. The molecule has 0 aromatic heterocycles. The van der Waals surface area contributed by atoms with Crippen molar-refractivity contribution in [1.29, 1.82) is 0 Å². The van der Waals surface area contributed by atoms with E-state index in [2.05, 4.69) is 19.9 Å². The van der Waals surface area contributed by atoms with Gasteiger partial charge in [-0.25, -0.2) is 0 Å². The first-order chi connectivity index (χ1) is 2.27. The quantitative estimate of drug-likeness (QED) is 0.494.